The molecule has 0 heterocycles. The lowest BCUT2D eigenvalue weighted by molar-refractivity contribution is -0.00184. The van der Waals surface area contributed by atoms with Gasteiger partial charge in [-0.3, -0.25) is 0 Å². The van der Waals surface area contributed by atoms with Gasteiger partial charge in [0.2, 0.25) is 0 Å². The minimum Gasteiger partial charge on any atom is -0.444 e. The lowest BCUT2D eigenvalue weighted by Gasteiger charge is -2.30. The topological polar surface area (TPSA) is 49.8 Å². The molecule has 15 heavy (non-hydrogen) atoms. The fourth-order valence-corrected chi connectivity index (χ4v) is 1.10. The van der Waals surface area contributed by atoms with Gasteiger partial charge in [0.05, 0.1) is 12.1 Å². The monoisotopic (exact) mass is 217 g/mol. The summed E-state index contributed by atoms with van der Waals surface area (Å²) in [5.74, 6) is 0. The van der Waals surface area contributed by atoms with Crippen molar-refractivity contribution in [3.05, 3.63) is 0 Å². The van der Waals surface area contributed by atoms with Gasteiger partial charge in [-0.2, -0.15) is 0 Å². The maximum atomic E-state index is 11.7. The van der Waals surface area contributed by atoms with Crippen molar-refractivity contribution in [1.82, 2.24) is 4.90 Å². The molecule has 4 heteroatoms. The molecule has 0 aliphatic carbocycles. The van der Waals surface area contributed by atoms with Gasteiger partial charge in [0.25, 0.3) is 0 Å². The summed E-state index contributed by atoms with van der Waals surface area (Å²) >= 11 is 0. The molecule has 0 saturated heterocycles. The van der Waals surface area contributed by atoms with E-state index in [0.29, 0.717) is 6.54 Å². The summed E-state index contributed by atoms with van der Waals surface area (Å²) in [4.78, 5) is 13.2. The molecule has 0 spiro atoms. The zero-order valence-corrected chi connectivity index (χ0v) is 10.6. The number of amides is 1. The standard InChI is InChI=1S/C11H23NO3/c1-7-12(8-11(5,6)14)9(13)15-10(2,3)4/h14H,7-8H2,1-6H3. The number of carbonyl (C=O) groups is 1. The molecule has 4 nitrogen and oxygen atoms in total. The highest BCUT2D eigenvalue weighted by Crippen LogP contribution is 2.12. The average Bonchev–Trinajstić information content (AvgIpc) is 1.94. The van der Waals surface area contributed by atoms with Crippen molar-refractivity contribution >= 4 is 6.09 Å². The van der Waals surface area contributed by atoms with Gasteiger partial charge in [-0.05, 0) is 41.5 Å². The van der Waals surface area contributed by atoms with Crippen molar-refractivity contribution in [2.24, 2.45) is 0 Å². The van der Waals surface area contributed by atoms with Crippen molar-refractivity contribution in [2.45, 2.75) is 52.7 Å². The van der Waals surface area contributed by atoms with E-state index in [1.54, 1.807) is 13.8 Å². The van der Waals surface area contributed by atoms with E-state index in [-0.39, 0.29) is 12.6 Å². The Morgan fingerprint density at radius 2 is 1.73 bits per heavy atom. The highest BCUT2D eigenvalue weighted by molar-refractivity contribution is 5.68. The van der Waals surface area contributed by atoms with Crippen LogP contribution in [0.1, 0.15) is 41.5 Å². The van der Waals surface area contributed by atoms with E-state index in [2.05, 4.69) is 0 Å². The second-order valence-corrected chi connectivity index (χ2v) is 5.31. The Labute approximate surface area is 92.2 Å². The smallest absolute Gasteiger partial charge is 0.410 e. The van der Waals surface area contributed by atoms with Crippen LogP contribution in [0.25, 0.3) is 0 Å². The fraction of sp³-hybridized carbons (Fsp3) is 0.909. The van der Waals surface area contributed by atoms with Crippen LogP contribution in [0.3, 0.4) is 0 Å². The first-order valence-electron chi connectivity index (χ1n) is 5.25. The summed E-state index contributed by atoms with van der Waals surface area (Å²) < 4.78 is 5.21. The van der Waals surface area contributed by atoms with Gasteiger partial charge in [0.1, 0.15) is 5.60 Å². The average molecular weight is 217 g/mol. The molecule has 0 aromatic carbocycles. The molecular formula is C11H23NO3. The number of rotatable bonds is 3. The minimum absolute atomic E-state index is 0.276. The van der Waals surface area contributed by atoms with Crippen LogP contribution in [0.2, 0.25) is 0 Å². The van der Waals surface area contributed by atoms with E-state index in [9.17, 15) is 9.90 Å². The molecular weight excluding hydrogens is 194 g/mol. The highest BCUT2D eigenvalue weighted by atomic mass is 16.6. The van der Waals surface area contributed by atoms with Crippen LogP contribution in [0.5, 0.6) is 0 Å². The van der Waals surface area contributed by atoms with Crippen molar-refractivity contribution in [3.8, 4) is 0 Å². The van der Waals surface area contributed by atoms with Gasteiger partial charge in [-0.25, -0.2) is 4.79 Å². The third kappa shape index (κ3) is 7.19. The Kier molecular flexibility index (Phi) is 4.59. The summed E-state index contributed by atoms with van der Waals surface area (Å²) in [5.41, 5.74) is -1.39. The number of aliphatic hydroxyl groups is 1. The second-order valence-electron chi connectivity index (χ2n) is 5.31. The highest BCUT2D eigenvalue weighted by Gasteiger charge is 2.25. The number of nitrogens with zero attached hydrogens (tertiary/aromatic N) is 1. The molecule has 1 amide bonds. The van der Waals surface area contributed by atoms with Crippen LogP contribution in [0.15, 0.2) is 0 Å². The van der Waals surface area contributed by atoms with Crippen molar-refractivity contribution in [1.29, 1.82) is 0 Å². The summed E-state index contributed by atoms with van der Waals surface area (Å²) in [6.07, 6.45) is -0.382. The maximum Gasteiger partial charge on any atom is 0.410 e. The first-order valence-corrected chi connectivity index (χ1v) is 5.25. The van der Waals surface area contributed by atoms with Crippen LogP contribution in [-0.4, -0.2) is 40.4 Å². The molecule has 0 radical (unpaired) electrons. The number of carbonyl (C=O) groups excluding carboxylic acids is 1. The van der Waals surface area contributed by atoms with Gasteiger partial charge >= 0.3 is 6.09 Å². The van der Waals surface area contributed by atoms with Crippen LogP contribution in [0.4, 0.5) is 4.79 Å². The molecule has 0 aliphatic heterocycles. The van der Waals surface area contributed by atoms with Gasteiger partial charge in [-0.1, -0.05) is 0 Å². The first kappa shape index (κ1) is 14.2. The molecule has 0 rings (SSSR count). The maximum absolute atomic E-state index is 11.7. The van der Waals surface area contributed by atoms with Gasteiger partial charge in [0.15, 0.2) is 0 Å². The van der Waals surface area contributed by atoms with E-state index < -0.39 is 11.2 Å². The Morgan fingerprint density at radius 3 is 2.00 bits per heavy atom. The summed E-state index contributed by atoms with van der Waals surface area (Å²) in [7, 11) is 0. The van der Waals surface area contributed by atoms with Gasteiger partial charge in [0, 0.05) is 6.54 Å². The Morgan fingerprint density at radius 1 is 1.27 bits per heavy atom. The Balaban J connectivity index is 4.36. The van der Waals surface area contributed by atoms with Crippen LogP contribution >= 0.6 is 0 Å². The zero-order chi connectivity index (χ0) is 12.3. The van der Waals surface area contributed by atoms with Crippen LogP contribution in [-0.2, 0) is 4.74 Å². The van der Waals surface area contributed by atoms with Crippen molar-refractivity contribution in [3.63, 3.8) is 0 Å². The number of hydrogen-bond donors (Lipinski definition) is 1. The normalized spacial score (nSPS) is 12.5. The SMILES string of the molecule is CCN(CC(C)(C)O)C(=O)OC(C)(C)C. The van der Waals surface area contributed by atoms with E-state index in [1.165, 1.54) is 4.90 Å². The summed E-state index contributed by atoms with van der Waals surface area (Å²) in [6, 6.07) is 0. The molecule has 0 unspecified atom stereocenters. The number of likely N-dealkylation sites (N-methyl/N-ethyl adjacent to an activating group) is 1. The van der Waals surface area contributed by atoms with E-state index in [1.807, 2.05) is 27.7 Å². The van der Waals surface area contributed by atoms with Crippen LogP contribution in [0, 0.1) is 0 Å². The van der Waals surface area contributed by atoms with Gasteiger partial charge in [-0.15, -0.1) is 0 Å². The van der Waals surface area contributed by atoms with Crippen molar-refractivity contribution in [2.75, 3.05) is 13.1 Å². The quantitative estimate of drug-likeness (QED) is 0.786. The number of ether oxygens (including phenoxy) is 1. The Hall–Kier alpha value is -0.770. The molecule has 0 aromatic rings. The molecule has 0 aliphatic rings. The van der Waals surface area contributed by atoms with Crippen molar-refractivity contribution < 1.29 is 14.6 Å². The summed E-state index contributed by atoms with van der Waals surface area (Å²) in [6.45, 7) is 11.5. The molecule has 0 bridgehead atoms. The molecule has 90 valence electrons. The Bertz CT molecular complexity index is 213. The fourth-order valence-electron chi connectivity index (χ4n) is 1.10. The lowest BCUT2D eigenvalue weighted by Crippen LogP contribution is -2.44. The molecule has 0 fully saturated rings. The van der Waals surface area contributed by atoms with E-state index in [4.69, 9.17) is 4.74 Å². The zero-order valence-electron chi connectivity index (χ0n) is 10.6. The largest absolute Gasteiger partial charge is 0.444 e. The minimum atomic E-state index is -0.896. The van der Waals surface area contributed by atoms with E-state index in [0.717, 1.165) is 0 Å². The van der Waals surface area contributed by atoms with Gasteiger partial charge < -0.3 is 14.7 Å². The third-order valence-corrected chi connectivity index (χ3v) is 1.61. The molecule has 0 saturated carbocycles. The molecule has 1 N–H and O–H groups in total. The summed E-state index contributed by atoms with van der Waals surface area (Å²) in [5, 5.41) is 9.62. The van der Waals surface area contributed by atoms with Crippen LogP contribution < -0.4 is 0 Å². The number of hydrogen-bond acceptors (Lipinski definition) is 3. The molecule has 0 aromatic heterocycles. The van der Waals surface area contributed by atoms with E-state index >= 15 is 0 Å². The predicted octanol–water partition coefficient (Wildman–Crippen LogP) is 2.01. The first-order chi connectivity index (χ1) is 6.55. The molecule has 0 atom stereocenters. The predicted molar refractivity (Wildman–Crippen MR) is 59.8 cm³/mol. The lowest BCUT2D eigenvalue weighted by atomic mass is 10.1. The second kappa shape index (κ2) is 4.84. The third-order valence-electron chi connectivity index (χ3n) is 1.61.